The molecule has 0 radical (unpaired) electrons. The quantitative estimate of drug-likeness (QED) is 0.915. The van der Waals surface area contributed by atoms with Gasteiger partial charge in [-0.15, -0.1) is 0 Å². The highest BCUT2D eigenvalue weighted by atomic mass is 19.4. The number of alkyl halides is 3. The van der Waals surface area contributed by atoms with Crippen molar-refractivity contribution in [3.63, 3.8) is 0 Å². The number of rotatable bonds is 4. The zero-order chi connectivity index (χ0) is 13.9. The molecule has 1 aromatic rings. The van der Waals surface area contributed by atoms with E-state index in [-0.39, 0.29) is 18.9 Å². The largest absolute Gasteiger partial charge is 0.391 e. The molecule has 0 amide bonds. The number of aryl methyl sites for hydroxylation is 1. The Morgan fingerprint density at radius 1 is 1.42 bits per heavy atom. The fourth-order valence-electron chi connectivity index (χ4n) is 2.56. The van der Waals surface area contributed by atoms with Gasteiger partial charge < -0.3 is 5.32 Å². The van der Waals surface area contributed by atoms with Gasteiger partial charge in [-0.25, -0.2) is 4.98 Å². The number of nitrogens with zero attached hydrogens (tertiary/aromatic N) is 3. The predicted molar refractivity (Wildman–Crippen MR) is 64.5 cm³/mol. The minimum absolute atomic E-state index is 0.0379. The van der Waals surface area contributed by atoms with Crippen LogP contribution in [-0.2, 0) is 13.5 Å². The predicted octanol–water partition coefficient (Wildman–Crippen LogP) is 2.07. The SMILES string of the molecule is Cn1cnc(CCNC2CCCC(C(F)(F)F)C2)n1. The van der Waals surface area contributed by atoms with Crippen molar-refractivity contribution in [2.24, 2.45) is 13.0 Å². The maximum atomic E-state index is 12.7. The van der Waals surface area contributed by atoms with Crippen molar-refractivity contribution in [3.8, 4) is 0 Å². The third-order valence-corrected chi connectivity index (χ3v) is 3.57. The molecule has 1 N–H and O–H groups in total. The minimum Gasteiger partial charge on any atom is -0.314 e. The zero-order valence-corrected chi connectivity index (χ0v) is 11.0. The second-order valence-electron chi connectivity index (χ2n) is 5.14. The summed E-state index contributed by atoms with van der Waals surface area (Å²) in [6, 6.07) is -0.0379. The van der Waals surface area contributed by atoms with Gasteiger partial charge in [-0.2, -0.15) is 18.3 Å². The first-order valence-electron chi connectivity index (χ1n) is 6.60. The summed E-state index contributed by atoms with van der Waals surface area (Å²) in [7, 11) is 1.79. The normalized spacial score (nSPS) is 24.6. The van der Waals surface area contributed by atoms with Crippen molar-refractivity contribution >= 4 is 0 Å². The Morgan fingerprint density at radius 3 is 2.84 bits per heavy atom. The maximum absolute atomic E-state index is 12.7. The Hall–Kier alpha value is -1.11. The van der Waals surface area contributed by atoms with Gasteiger partial charge in [0.2, 0.25) is 0 Å². The summed E-state index contributed by atoms with van der Waals surface area (Å²) in [5.41, 5.74) is 0. The lowest BCUT2D eigenvalue weighted by atomic mass is 9.85. The highest BCUT2D eigenvalue weighted by Crippen LogP contribution is 2.37. The van der Waals surface area contributed by atoms with Crippen LogP contribution in [0.15, 0.2) is 6.33 Å². The summed E-state index contributed by atoms with van der Waals surface area (Å²) in [6.45, 7) is 0.624. The van der Waals surface area contributed by atoms with E-state index in [9.17, 15) is 13.2 Å². The molecular weight excluding hydrogens is 257 g/mol. The zero-order valence-electron chi connectivity index (χ0n) is 11.0. The second-order valence-corrected chi connectivity index (χ2v) is 5.14. The Kier molecular flexibility index (Phi) is 4.44. The number of hydrogen-bond acceptors (Lipinski definition) is 3. The molecule has 0 aliphatic heterocycles. The summed E-state index contributed by atoms with van der Waals surface area (Å²) in [5.74, 6) is -0.426. The summed E-state index contributed by atoms with van der Waals surface area (Å²) in [5, 5.41) is 7.33. The lowest BCUT2D eigenvalue weighted by Crippen LogP contribution is -2.39. The summed E-state index contributed by atoms with van der Waals surface area (Å²) >= 11 is 0. The first-order valence-corrected chi connectivity index (χ1v) is 6.60. The van der Waals surface area contributed by atoms with Gasteiger partial charge in [-0.1, -0.05) is 6.42 Å². The van der Waals surface area contributed by atoms with Gasteiger partial charge in [-0.3, -0.25) is 4.68 Å². The van der Waals surface area contributed by atoms with Crippen LogP contribution in [0.2, 0.25) is 0 Å². The van der Waals surface area contributed by atoms with Gasteiger partial charge in [0, 0.05) is 26.1 Å². The van der Waals surface area contributed by atoms with Crippen LogP contribution in [0.25, 0.3) is 0 Å². The van der Waals surface area contributed by atoms with E-state index in [1.807, 2.05) is 0 Å². The second kappa shape index (κ2) is 5.90. The molecule has 2 atom stereocenters. The number of hydrogen-bond donors (Lipinski definition) is 1. The van der Waals surface area contributed by atoms with E-state index >= 15 is 0 Å². The highest BCUT2D eigenvalue weighted by Gasteiger charge is 2.41. The third kappa shape index (κ3) is 4.19. The lowest BCUT2D eigenvalue weighted by molar-refractivity contribution is -0.183. The molecule has 1 heterocycles. The van der Waals surface area contributed by atoms with Crippen molar-refractivity contribution in [1.29, 1.82) is 0 Å². The molecule has 1 aromatic heterocycles. The van der Waals surface area contributed by atoms with Crippen LogP contribution >= 0.6 is 0 Å². The standard InChI is InChI=1S/C12H19F3N4/c1-19-8-17-11(18-19)5-6-16-10-4-2-3-9(7-10)12(13,14)15/h8-10,16H,2-7H2,1H3. The molecule has 1 fully saturated rings. The average molecular weight is 276 g/mol. The lowest BCUT2D eigenvalue weighted by Gasteiger charge is -2.31. The van der Waals surface area contributed by atoms with E-state index in [0.29, 0.717) is 19.4 Å². The van der Waals surface area contributed by atoms with E-state index in [4.69, 9.17) is 0 Å². The van der Waals surface area contributed by atoms with Gasteiger partial charge in [-0.05, 0) is 19.3 Å². The van der Waals surface area contributed by atoms with Crippen molar-refractivity contribution in [2.45, 2.75) is 44.3 Å². The Labute approximate surface area is 110 Å². The summed E-state index contributed by atoms with van der Waals surface area (Å²) < 4.78 is 39.6. The third-order valence-electron chi connectivity index (χ3n) is 3.57. The van der Waals surface area contributed by atoms with Crippen molar-refractivity contribution in [1.82, 2.24) is 20.1 Å². The molecule has 4 nitrogen and oxygen atoms in total. The molecule has 1 aliphatic carbocycles. The van der Waals surface area contributed by atoms with Crippen LogP contribution in [0.5, 0.6) is 0 Å². The van der Waals surface area contributed by atoms with Crippen molar-refractivity contribution in [3.05, 3.63) is 12.2 Å². The molecule has 0 aromatic carbocycles. The Balaban J connectivity index is 1.74. The van der Waals surface area contributed by atoms with Crippen molar-refractivity contribution in [2.75, 3.05) is 6.54 Å². The molecule has 2 unspecified atom stereocenters. The van der Waals surface area contributed by atoms with Crippen LogP contribution in [0.4, 0.5) is 13.2 Å². The first-order chi connectivity index (χ1) is 8.95. The van der Waals surface area contributed by atoms with Gasteiger partial charge in [0.15, 0.2) is 5.82 Å². The Bertz CT molecular complexity index is 402. The van der Waals surface area contributed by atoms with E-state index in [0.717, 1.165) is 12.2 Å². The fourth-order valence-corrected chi connectivity index (χ4v) is 2.56. The van der Waals surface area contributed by atoms with Crippen LogP contribution in [0.1, 0.15) is 31.5 Å². The highest BCUT2D eigenvalue weighted by molar-refractivity contribution is 4.85. The molecule has 1 aliphatic rings. The number of halogens is 3. The smallest absolute Gasteiger partial charge is 0.314 e. The molecule has 2 rings (SSSR count). The molecule has 108 valence electrons. The van der Waals surface area contributed by atoms with E-state index in [1.54, 1.807) is 18.1 Å². The molecule has 0 saturated heterocycles. The molecule has 7 heteroatoms. The molecule has 0 bridgehead atoms. The van der Waals surface area contributed by atoms with Gasteiger partial charge in [0.1, 0.15) is 6.33 Å². The van der Waals surface area contributed by atoms with Crippen LogP contribution < -0.4 is 5.32 Å². The fraction of sp³-hybridized carbons (Fsp3) is 0.833. The average Bonchev–Trinajstić information content (AvgIpc) is 2.74. The maximum Gasteiger partial charge on any atom is 0.391 e. The molecule has 1 saturated carbocycles. The van der Waals surface area contributed by atoms with Gasteiger partial charge >= 0.3 is 6.18 Å². The first kappa shape index (κ1) is 14.3. The Morgan fingerprint density at radius 2 is 2.21 bits per heavy atom. The van der Waals surface area contributed by atoms with Crippen LogP contribution in [0.3, 0.4) is 0 Å². The minimum atomic E-state index is -4.05. The van der Waals surface area contributed by atoms with Gasteiger partial charge in [0.05, 0.1) is 5.92 Å². The molecule has 19 heavy (non-hydrogen) atoms. The topological polar surface area (TPSA) is 42.7 Å². The monoisotopic (exact) mass is 276 g/mol. The molecule has 0 spiro atoms. The number of aromatic nitrogens is 3. The van der Waals surface area contributed by atoms with Crippen molar-refractivity contribution < 1.29 is 13.2 Å². The van der Waals surface area contributed by atoms with E-state index in [2.05, 4.69) is 15.4 Å². The van der Waals surface area contributed by atoms with E-state index in [1.165, 1.54) is 0 Å². The van der Waals surface area contributed by atoms with Gasteiger partial charge in [0.25, 0.3) is 0 Å². The summed E-state index contributed by atoms with van der Waals surface area (Å²) in [6.07, 6.45) is 0.140. The molecular formula is C12H19F3N4. The van der Waals surface area contributed by atoms with E-state index < -0.39 is 12.1 Å². The van der Waals surface area contributed by atoms with Crippen LogP contribution in [0, 0.1) is 5.92 Å². The summed E-state index contributed by atoms with van der Waals surface area (Å²) in [4.78, 5) is 4.08. The van der Waals surface area contributed by atoms with Crippen LogP contribution in [-0.4, -0.2) is 33.5 Å². The number of nitrogens with one attached hydrogen (secondary N) is 1.